The van der Waals surface area contributed by atoms with Crippen LogP contribution in [0.15, 0.2) is 54.6 Å². The molecule has 0 nitrogen and oxygen atoms in total. The van der Waals surface area contributed by atoms with Gasteiger partial charge in [-0.3, -0.25) is 0 Å². The van der Waals surface area contributed by atoms with Crippen molar-refractivity contribution >= 4 is 27.8 Å². The molecule has 0 bridgehead atoms. The van der Waals surface area contributed by atoms with E-state index in [-0.39, 0.29) is 5.41 Å². The fourth-order valence-electron chi connectivity index (χ4n) is 3.60. The second-order valence-electron chi connectivity index (χ2n) is 8.38. The quantitative estimate of drug-likeness (QED) is 0.237. The van der Waals surface area contributed by atoms with E-state index in [1.165, 1.54) is 65.1 Å². The molecule has 0 saturated heterocycles. The van der Waals surface area contributed by atoms with E-state index in [0.29, 0.717) is 0 Å². The van der Waals surface area contributed by atoms with Gasteiger partial charge < -0.3 is 0 Å². The minimum absolute atomic E-state index is 0.205. The number of hydrogen-bond donors (Lipinski definition) is 0. The van der Waals surface area contributed by atoms with Gasteiger partial charge in [0.1, 0.15) is 0 Å². The zero-order valence-electron chi connectivity index (χ0n) is 17.5. The first-order chi connectivity index (χ1) is 13.4. The number of aryl methyl sites for hydroxylation is 1. The number of hydrogen-bond acceptors (Lipinski definition) is 0. The average molecular weight is 494 g/mol. The average Bonchev–Trinajstić information content (AvgIpc) is 3.08. The van der Waals surface area contributed by atoms with Crippen molar-refractivity contribution in [3.63, 3.8) is 0 Å². The molecule has 0 aliphatic rings. The molecular weight excluding hydrogens is 462 g/mol. The van der Waals surface area contributed by atoms with E-state index >= 15 is 0 Å². The van der Waals surface area contributed by atoms with Crippen LogP contribution in [0.4, 0.5) is 0 Å². The Labute approximate surface area is 189 Å². The first-order valence-electron chi connectivity index (χ1n) is 10.2. The normalized spacial score (nSPS) is 11.2. The zero-order chi connectivity index (χ0) is 20.6. The SMILES string of the molecule is CCCCCCc1cc2c(-c3ccc(C(C)(C)C)cc3)cccc2[cH-]1.[Cl][Zr][Cl]. The summed E-state index contributed by atoms with van der Waals surface area (Å²) in [4.78, 5) is 0. The molecule has 0 amide bonds. The van der Waals surface area contributed by atoms with Crippen LogP contribution in [0.3, 0.4) is 0 Å². The van der Waals surface area contributed by atoms with Gasteiger partial charge in [-0.15, -0.1) is 34.5 Å². The van der Waals surface area contributed by atoms with Gasteiger partial charge in [-0.2, -0.15) is 6.07 Å². The van der Waals surface area contributed by atoms with Crippen molar-refractivity contribution in [2.45, 2.75) is 65.2 Å². The van der Waals surface area contributed by atoms with E-state index in [0.717, 1.165) is 0 Å². The standard InChI is InChI=1S/C25H31.2ClH.Zr/c1-5-6-7-8-10-19-17-21-11-9-12-23(24(21)18-19)20-13-15-22(16-14-20)25(2,3)4;;;/h9,11-18H,5-8,10H2,1-4H3;2*1H;/q-1;;;+2/p-2. The Morgan fingerprint density at radius 3 is 2.21 bits per heavy atom. The van der Waals surface area contributed by atoms with Crippen molar-refractivity contribution in [3.05, 3.63) is 65.7 Å². The number of rotatable bonds is 6. The molecule has 28 heavy (non-hydrogen) atoms. The van der Waals surface area contributed by atoms with Gasteiger partial charge in [-0.05, 0) is 23.0 Å². The van der Waals surface area contributed by atoms with E-state index in [1.807, 2.05) is 0 Å². The summed E-state index contributed by atoms with van der Waals surface area (Å²) in [5, 5.41) is 2.78. The summed E-state index contributed by atoms with van der Waals surface area (Å²) in [5.74, 6) is 0. The van der Waals surface area contributed by atoms with E-state index in [1.54, 1.807) is 0 Å². The van der Waals surface area contributed by atoms with Gasteiger partial charge in [-0.1, -0.05) is 89.3 Å². The van der Waals surface area contributed by atoms with Crippen molar-refractivity contribution in [2.24, 2.45) is 0 Å². The first-order valence-corrected chi connectivity index (χ1v) is 16.5. The van der Waals surface area contributed by atoms with Crippen molar-refractivity contribution in [2.75, 3.05) is 0 Å². The molecule has 0 spiro atoms. The van der Waals surface area contributed by atoms with Gasteiger partial charge in [0, 0.05) is 0 Å². The summed E-state index contributed by atoms with van der Waals surface area (Å²) in [6, 6.07) is 20.6. The first kappa shape index (κ1) is 23.8. The Kier molecular flexibility index (Phi) is 9.89. The number of fused-ring (bicyclic) bond motifs is 1. The van der Waals surface area contributed by atoms with Crippen LogP contribution < -0.4 is 0 Å². The molecule has 0 radical (unpaired) electrons. The van der Waals surface area contributed by atoms with Crippen molar-refractivity contribution in [1.82, 2.24) is 0 Å². The Bertz CT molecular complexity index is 841. The molecule has 0 fully saturated rings. The predicted octanol–water partition coefficient (Wildman–Crippen LogP) is 9.02. The van der Waals surface area contributed by atoms with Crippen LogP contribution in [0.1, 0.15) is 64.5 Å². The number of benzene rings is 2. The molecule has 0 saturated carbocycles. The Morgan fingerprint density at radius 1 is 0.929 bits per heavy atom. The van der Waals surface area contributed by atoms with Crippen LogP contribution in [0.2, 0.25) is 0 Å². The van der Waals surface area contributed by atoms with E-state index < -0.39 is 20.8 Å². The third-order valence-electron chi connectivity index (χ3n) is 5.19. The molecule has 150 valence electrons. The molecule has 0 unspecified atom stereocenters. The molecule has 3 aromatic rings. The second kappa shape index (κ2) is 11.6. The summed E-state index contributed by atoms with van der Waals surface area (Å²) >= 11 is -0.826. The maximum atomic E-state index is 4.93. The van der Waals surface area contributed by atoms with Gasteiger partial charge in [-0.25, -0.2) is 0 Å². The van der Waals surface area contributed by atoms with Crippen LogP contribution in [0, 0.1) is 0 Å². The van der Waals surface area contributed by atoms with Gasteiger partial charge in [0.25, 0.3) is 0 Å². The van der Waals surface area contributed by atoms with Gasteiger partial charge in [0.15, 0.2) is 0 Å². The molecule has 3 aromatic carbocycles. The monoisotopic (exact) mass is 491 g/mol. The zero-order valence-corrected chi connectivity index (χ0v) is 21.5. The van der Waals surface area contributed by atoms with Crippen molar-refractivity contribution in [1.29, 1.82) is 0 Å². The minimum atomic E-state index is -0.826. The number of unbranched alkanes of at least 4 members (excludes halogenated alkanes) is 3. The molecule has 3 heteroatoms. The third-order valence-corrected chi connectivity index (χ3v) is 5.19. The predicted molar refractivity (Wildman–Crippen MR) is 123 cm³/mol. The summed E-state index contributed by atoms with van der Waals surface area (Å²) in [7, 11) is 9.87. The molecule has 0 heterocycles. The molecule has 0 aliphatic heterocycles. The topological polar surface area (TPSA) is 0 Å². The maximum absolute atomic E-state index is 4.93. The Balaban J connectivity index is 0.000000878. The summed E-state index contributed by atoms with van der Waals surface area (Å²) < 4.78 is 0. The van der Waals surface area contributed by atoms with Gasteiger partial charge in [0.2, 0.25) is 0 Å². The number of halogens is 2. The second-order valence-corrected chi connectivity index (χ2v) is 12.1. The van der Waals surface area contributed by atoms with Gasteiger partial charge in [0.05, 0.1) is 0 Å². The van der Waals surface area contributed by atoms with Crippen LogP contribution in [0.25, 0.3) is 21.9 Å². The van der Waals surface area contributed by atoms with Crippen molar-refractivity contribution < 1.29 is 20.8 Å². The Morgan fingerprint density at radius 2 is 1.61 bits per heavy atom. The van der Waals surface area contributed by atoms with Crippen molar-refractivity contribution in [3.8, 4) is 11.1 Å². The van der Waals surface area contributed by atoms with Crippen LogP contribution in [-0.4, -0.2) is 0 Å². The van der Waals surface area contributed by atoms with Crippen LogP contribution in [-0.2, 0) is 32.7 Å². The van der Waals surface area contributed by atoms with Crippen LogP contribution in [0.5, 0.6) is 0 Å². The van der Waals surface area contributed by atoms with Crippen LogP contribution >= 0.6 is 17.0 Å². The van der Waals surface area contributed by atoms with E-state index in [2.05, 4.69) is 82.3 Å². The van der Waals surface area contributed by atoms with E-state index in [4.69, 9.17) is 17.0 Å². The summed E-state index contributed by atoms with van der Waals surface area (Å²) in [5.41, 5.74) is 5.77. The molecule has 0 atom stereocenters. The summed E-state index contributed by atoms with van der Waals surface area (Å²) in [6.07, 6.45) is 6.51. The Hall–Kier alpha value is -0.487. The van der Waals surface area contributed by atoms with E-state index in [9.17, 15) is 0 Å². The third kappa shape index (κ3) is 6.79. The molecule has 3 rings (SSSR count). The van der Waals surface area contributed by atoms with Gasteiger partial charge >= 0.3 is 37.9 Å². The molecule has 0 aromatic heterocycles. The molecular formula is C25H31Cl2Zr-. The fourth-order valence-corrected chi connectivity index (χ4v) is 3.60. The molecule has 0 aliphatic carbocycles. The molecule has 0 N–H and O–H groups in total. The fraction of sp³-hybridized carbons (Fsp3) is 0.400. The summed E-state index contributed by atoms with van der Waals surface area (Å²) in [6.45, 7) is 9.08.